The Kier molecular flexibility index (Phi) is 3.60. The van der Waals surface area contributed by atoms with Crippen LogP contribution in [0.1, 0.15) is 33.1 Å². The minimum atomic E-state index is 0.211. The molecule has 1 heterocycles. The summed E-state index contributed by atoms with van der Waals surface area (Å²) in [5.74, 6) is 0.651. The van der Waals surface area contributed by atoms with Crippen molar-refractivity contribution in [3.8, 4) is 0 Å². The minimum Gasteiger partial charge on any atom is -0.342 e. The lowest BCUT2D eigenvalue weighted by molar-refractivity contribution is -0.133. The third kappa shape index (κ3) is 3.18. The molecule has 1 fully saturated rings. The fourth-order valence-corrected chi connectivity index (χ4v) is 2.04. The first-order valence-electron chi connectivity index (χ1n) is 4.89. The van der Waals surface area contributed by atoms with E-state index in [1.54, 1.807) is 0 Å². The molecule has 0 spiro atoms. The second-order valence-corrected chi connectivity index (χ2v) is 4.90. The number of likely N-dealkylation sites (tertiary alicyclic amines) is 1. The molecule has 0 N–H and O–H groups in total. The van der Waals surface area contributed by atoms with Crippen molar-refractivity contribution >= 4 is 17.5 Å². The van der Waals surface area contributed by atoms with Crippen LogP contribution in [0.3, 0.4) is 0 Å². The molecule has 0 aromatic rings. The Morgan fingerprint density at radius 2 is 2.23 bits per heavy atom. The highest BCUT2D eigenvalue weighted by Crippen LogP contribution is 2.28. The van der Waals surface area contributed by atoms with Crippen LogP contribution in [0, 0.1) is 5.41 Å². The maximum absolute atomic E-state index is 11.5. The average Bonchev–Trinajstić information content (AvgIpc) is 2.03. The van der Waals surface area contributed by atoms with Gasteiger partial charge in [-0.1, -0.05) is 13.8 Å². The molecule has 1 rings (SSSR count). The van der Waals surface area contributed by atoms with Crippen LogP contribution in [0.25, 0.3) is 0 Å². The first-order valence-corrected chi connectivity index (χ1v) is 5.42. The number of alkyl halides is 1. The van der Waals surface area contributed by atoms with Gasteiger partial charge in [-0.25, -0.2) is 0 Å². The first-order chi connectivity index (χ1) is 6.05. The Morgan fingerprint density at radius 1 is 1.54 bits per heavy atom. The van der Waals surface area contributed by atoms with Gasteiger partial charge in [0.2, 0.25) is 5.91 Å². The van der Waals surface area contributed by atoms with Gasteiger partial charge in [-0.2, -0.15) is 0 Å². The molecule has 0 radical (unpaired) electrons. The summed E-state index contributed by atoms with van der Waals surface area (Å²) in [6, 6.07) is 0. The number of rotatable bonds is 2. The van der Waals surface area contributed by atoms with Crippen LogP contribution in [-0.2, 0) is 4.79 Å². The summed E-state index contributed by atoms with van der Waals surface area (Å²) in [7, 11) is 0. The molecule has 1 saturated heterocycles. The van der Waals surface area contributed by atoms with E-state index >= 15 is 0 Å². The summed E-state index contributed by atoms with van der Waals surface area (Å²) >= 11 is 5.54. The topological polar surface area (TPSA) is 20.3 Å². The molecule has 0 aromatic carbocycles. The summed E-state index contributed by atoms with van der Waals surface area (Å²) in [6.45, 7) is 6.24. The van der Waals surface area contributed by atoms with Crippen molar-refractivity contribution in [1.82, 2.24) is 4.90 Å². The van der Waals surface area contributed by atoms with Crippen LogP contribution in [0.15, 0.2) is 0 Å². The SMILES string of the molecule is CC1(C)CCCN(C(=O)CCCl)C1. The summed E-state index contributed by atoms with van der Waals surface area (Å²) in [6.07, 6.45) is 2.83. The zero-order chi connectivity index (χ0) is 9.90. The molecule has 3 heteroatoms. The lowest BCUT2D eigenvalue weighted by Crippen LogP contribution is -2.43. The highest BCUT2D eigenvalue weighted by atomic mass is 35.5. The molecule has 2 nitrogen and oxygen atoms in total. The largest absolute Gasteiger partial charge is 0.342 e. The summed E-state index contributed by atoms with van der Waals surface area (Å²) < 4.78 is 0. The third-order valence-corrected chi connectivity index (χ3v) is 2.75. The van der Waals surface area contributed by atoms with Gasteiger partial charge in [-0.3, -0.25) is 4.79 Å². The maximum Gasteiger partial charge on any atom is 0.223 e. The van der Waals surface area contributed by atoms with E-state index in [4.69, 9.17) is 11.6 Å². The Bertz CT molecular complexity index is 191. The number of nitrogens with zero attached hydrogens (tertiary/aromatic N) is 1. The smallest absolute Gasteiger partial charge is 0.223 e. The quantitative estimate of drug-likeness (QED) is 0.631. The summed E-state index contributed by atoms with van der Waals surface area (Å²) in [5.41, 5.74) is 0.292. The summed E-state index contributed by atoms with van der Waals surface area (Å²) in [5, 5.41) is 0. The van der Waals surface area contributed by atoms with Gasteiger partial charge in [-0.05, 0) is 18.3 Å². The van der Waals surface area contributed by atoms with Crippen molar-refractivity contribution in [3.05, 3.63) is 0 Å². The van der Waals surface area contributed by atoms with E-state index in [1.807, 2.05) is 4.90 Å². The molecule has 76 valence electrons. The normalized spacial score (nSPS) is 21.6. The fraction of sp³-hybridized carbons (Fsp3) is 0.900. The molecule has 0 bridgehead atoms. The van der Waals surface area contributed by atoms with E-state index in [9.17, 15) is 4.79 Å². The first kappa shape index (κ1) is 10.8. The van der Waals surface area contributed by atoms with E-state index < -0.39 is 0 Å². The molecule has 1 aliphatic heterocycles. The van der Waals surface area contributed by atoms with Gasteiger partial charge in [-0.15, -0.1) is 11.6 Å². The lowest BCUT2D eigenvalue weighted by Gasteiger charge is -2.38. The van der Waals surface area contributed by atoms with Crippen LogP contribution >= 0.6 is 11.6 Å². The average molecular weight is 204 g/mol. The maximum atomic E-state index is 11.5. The standard InChI is InChI=1S/C10H18ClNO/c1-10(2)5-3-7-12(8-10)9(13)4-6-11/h3-8H2,1-2H3. The molecule has 0 saturated carbocycles. The molecule has 0 aliphatic carbocycles. The lowest BCUT2D eigenvalue weighted by atomic mass is 9.84. The molecule has 13 heavy (non-hydrogen) atoms. The second-order valence-electron chi connectivity index (χ2n) is 4.52. The van der Waals surface area contributed by atoms with E-state index in [0.717, 1.165) is 19.5 Å². The van der Waals surface area contributed by atoms with Crippen LogP contribution in [0.4, 0.5) is 0 Å². The van der Waals surface area contributed by atoms with Gasteiger partial charge in [0.15, 0.2) is 0 Å². The Labute approximate surface area is 85.2 Å². The molecular formula is C10H18ClNO. The van der Waals surface area contributed by atoms with E-state index in [0.29, 0.717) is 17.7 Å². The highest BCUT2D eigenvalue weighted by molar-refractivity contribution is 6.18. The molecule has 0 unspecified atom stereocenters. The number of amides is 1. The van der Waals surface area contributed by atoms with Gasteiger partial charge >= 0.3 is 0 Å². The number of halogens is 1. The van der Waals surface area contributed by atoms with Crippen LogP contribution in [0.5, 0.6) is 0 Å². The highest BCUT2D eigenvalue weighted by Gasteiger charge is 2.28. The Hall–Kier alpha value is -0.240. The van der Waals surface area contributed by atoms with Crippen LogP contribution in [-0.4, -0.2) is 29.8 Å². The monoisotopic (exact) mass is 203 g/mol. The van der Waals surface area contributed by atoms with Gasteiger partial charge < -0.3 is 4.90 Å². The van der Waals surface area contributed by atoms with Crippen LogP contribution in [0.2, 0.25) is 0 Å². The fourth-order valence-electron chi connectivity index (χ4n) is 1.88. The zero-order valence-corrected chi connectivity index (χ0v) is 9.23. The van der Waals surface area contributed by atoms with Crippen LogP contribution < -0.4 is 0 Å². The molecule has 0 atom stereocenters. The van der Waals surface area contributed by atoms with Crippen molar-refractivity contribution < 1.29 is 4.79 Å². The molecule has 1 aliphatic rings. The number of carbonyl (C=O) groups excluding carboxylic acids is 1. The summed E-state index contributed by atoms with van der Waals surface area (Å²) in [4.78, 5) is 13.5. The van der Waals surface area contributed by atoms with E-state index in [1.165, 1.54) is 6.42 Å². The zero-order valence-electron chi connectivity index (χ0n) is 8.48. The van der Waals surface area contributed by atoms with Crippen molar-refractivity contribution in [1.29, 1.82) is 0 Å². The van der Waals surface area contributed by atoms with Crippen molar-refractivity contribution in [2.75, 3.05) is 19.0 Å². The Balaban J connectivity index is 2.47. The molecule has 1 amide bonds. The van der Waals surface area contributed by atoms with Crippen molar-refractivity contribution in [2.24, 2.45) is 5.41 Å². The number of piperidine rings is 1. The molecular weight excluding hydrogens is 186 g/mol. The van der Waals surface area contributed by atoms with Crippen molar-refractivity contribution in [3.63, 3.8) is 0 Å². The van der Waals surface area contributed by atoms with E-state index in [2.05, 4.69) is 13.8 Å². The van der Waals surface area contributed by atoms with Crippen molar-refractivity contribution in [2.45, 2.75) is 33.1 Å². The van der Waals surface area contributed by atoms with E-state index in [-0.39, 0.29) is 5.91 Å². The Morgan fingerprint density at radius 3 is 2.77 bits per heavy atom. The predicted octanol–water partition coefficient (Wildman–Crippen LogP) is 2.26. The number of hydrogen-bond acceptors (Lipinski definition) is 1. The van der Waals surface area contributed by atoms with Gasteiger partial charge in [0.25, 0.3) is 0 Å². The molecule has 0 aromatic heterocycles. The minimum absolute atomic E-state index is 0.211. The number of carbonyl (C=O) groups is 1. The van der Waals surface area contributed by atoms with Gasteiger partial charge in [0.1, 0.15) is 0 Å². The predicted molar refractivity (Wildman–Crippen MR) is 54.9 cm³/mol. The van der Waals surface area contributed by atoms with Gasteiger partial charge in [0.05, 0.1) is 0 Å². The third-order valence-electron chi connectivity index (χ3n) is 2.56. The van der Waals surface area contributed by atoms with Gasteiger partial charge in [0, 0.05) is 25.4 Å². The number of hydrogen-bond donors (Lipinski definition) is 0. The second kappa shape index (κ2) is 4.32.